The zero-order valence-electron chi connectivity index (χ0n) is 20.3. The Hall–Kier alpha value is -4.26. The van der Waals surface area contributed by atoms with Crippen LogP contribution in [0, 0.1) is 5.41 Å². The first-order valence-corrected chi connectivity index (χ1v) is 12.4. The molecule has 1 fully saturated rings. The number of ether oxygens (including phenoxy) is 1. The summed E-state index contributed by atoms with van der Waals surface area (Å²) in [6.07, 6.45) is 0.984. The molecule has 1 aliphatic rings. The highest BCUT2D eigenvalue weighted by Gasteiger charge is 2.43. The molecule has 0 radical (unpaired) electrons. The number of benzene rings is 1. The number of carbonyl (C=O) groups is 3. The second-order valence-corrected chi connectivity index (χ2v) is 9.70. The van der Waals surface area contributed by atoms with Gasteiger partial charge in [0.1, 0.15) is 18.5 Å². The molecule has 4 rings (SSSR count). The fraction of sp³-hybridized carbons (Fsp3) is 0.333. The Labute approximate surface area is 216 Å². The van der Waals surface area contributed by atoms with E-state index in [0.29, 0.717) is 29.8 Å². The average Bonchev–Trinajstić information content (AvgIpc) is 3.57. The molecule has 13 heteroatoms. The van der Waals surface area contributed by atoms with Crippen LogP contribution in [0.1, 0.15) is 45.4 Å². The first-order chi connectivity index (χ1) is 17.7. The number of thiophene rings is 1. The Kier molecular flexibility index (Phi) is 7.53. The molecular formula is C24H27N7O5S. The number of nitrogens with one attached hydrogen (secondary N) is 1. The number of carboxylic acids is 1. The van der Waals surface area contributed by atoms with Gasteiger partial charge in [0.15, 0.2) is 5.82 Å². The Morgan fingerprint density at radius 3 is 2.57 bits per heavy atom. The smallest absolute Gasteiger partial charge is 0.327 e. The second-order valence-electron chi connectivity index (χ2n) is 8.75. The minimum Gasteiger partial charge on any atom is -0.480 e. The predicted molar refractivity (Wildman–Crippen MR) is 135 cm³/mol. The summed E-state index contributed by atoms with van der Waals surface area (Å²) in [6.45, 7) is 0.339. The van der Waals surface area contributed by atoms with Gasteiger partial charge in [0.05, 0.1) is 10.8 Å². The van der Waals surface area contributed by atoms with Gasteiger partial charge in [0, 0.05) is 26.2 Å². The normalized spacial score (nSPS) is 17.3. The van der Waals surface area contributed by atoms with Crippen molar-refractivity contribution in [3.63, 3.8) is 0 Å². The van der Waals surface area contributed by atoms with E-state index in [1.807, 2.05) is 0 Å². The van der Waals surface area contributed by atoms with Crippen LogP contribution in [0.3, 0.4) is 0 Å². The van der Waals surface area contributed by atoms with Crippen LogP contribution in [0.25, 0.3) is 0 Å². The minimum atomic E-state index is -1.19. The standard InChI is InChI=1S/C24H27N7O5S/c1-29(2)24(35)30-11-3-5-16(18(30)22(33)34)20-27-23(31(28-20)21(32)17-6-4-12-37-17)36-13-14-7-9-15(10-8-14)19(25)26/h4,6-10,12,16,18H,3,5,11,13H2,1-2H3,(H3,25,26)(H,33,34). The van der Waals surface area contributed by atoms with Gasteiger partial charge >= 0.3 is 18.0 Å². The molecule has 0 spiro atoms. The van der Waals surface area contributed by atoms with E-state index < -0.39 is 29.9 Å². The zero-order chi connectivity index (χ0) is 26.7. The number of rotatable bonds is 7. The highest BCUT2D eigenvalue weighted by Crippen LogP contribution is 2.33. The number of nitrogens with zero attached hydrogens (tertiary/aromatic N) is 5. The van der Waals surface area contributed by atoms with Crippen LogP contribution in [0.2, 0.25) is 0 Å². The Morgan fingerprint density at radius 1 is 1.24 bits per heavy atom. The van der Waals surface area contributed by atoms with Crippen molar-refractivity contribution in [2.45, 2.75) is 31.4 Å². The van der Waals surface area contributed by atoms with E-state index in [2.05, 4.69) is 10.1 Å². The number of hydrogen-bond donors (Lipinski definition) is 3. The van der Waals surface area contributed by atoms with Gasteiger partial charge in [-0.25, -0.2) is 9.59 Å². The molecule has 4 N–H and O–H groups in total. The van der Waals surface area contributed by atoms with Gasteiger partial charge in [-0.1, -0.05) is 30.3 Å². The van der Waals surface area contributed by atoms with Crippen LogP contribution in [0.4, 0.5) is 4.79 Å². The lowest BCUT2D eigenvalue weighted by Crippen LogP contribution is -2.54. The Bertz CT molecular complexity index is 1300. The second kappa shape index (κ2) is 10.8. The van der Waals surface area contributed by atoms with E-state index >= 15 is 0 Å². The van der Waals surface area contributed by atoms with Crippen LogP contribution in [-0.2, 0) is 11.4 Å². The highest BCUT2D eigenvalue weighted by atomic mass is 32.1. The van der Waals surface area contributed by atoms with Crippen LogP contribution in [0.5, 0.6) is 6.01 Å². The molecule has 0 aliphatic carbocycles. The van der Waals surface area contributed by atoms with Crippen LogP contribution in [0.15, 0.2) is 41.8 Å². The lowest BCUT2D eigenvalue weighted by molar-refractivity contribution is -0.144. The summed E-state index contributed by atoms with van der Waals surface area (Å²) in [5, 5.41) is 23.7. The zero-order valence-corrected chi connectivity index (χ0v) is 21.1. The number of piperidine rings is 1. The molecule has 37 heavy (non-hydrogen) atoms. The number of amides is 2. The number of nitrogen functional groups attached to an aromatic ring is 1. The van der Waals surface area contributed by atoms with Crippen molar-refractivity contribution in [2.75, 3.05) is 20.6 Å². The molecule has 0 bridgehead atoms. The fourth-order valence-corrected chi connectivity index (χ4v) is 4.82. The van der Waals surface area contributed by atoms with Crippen LogP contribution < -0.4 is 10.5 Å². The first-order valence-electron chi connectivity index (χ1n) is 11.5. The quantitative estimate of drug-likeness (QED) is 0.312. The van der Waals surface area contributed by atoms with Gasteiger partial charge in [-0.15, -0.1) is 21.1 Å². The van der Waals surface area contributed by atoms with Crippen molar-refractivity contribution in [1.82, 2.24) is 24.6 Å². The number of likely N-dealkylation sites (tertiary alicyclic amines) is 1. The van der Waals surface area contributed by atoms with Gasteiger partial charge < -0.3 is 25.4 Å². The van der Waals surface area contributed by atoms with Gasteiger partial charge in [-0.3, -0.25) is 10.2 Å². The van der Waals surface area contributed by atoms with Crippen molar-refractivity contribution < 1.29 is 24.2 Å². The van der Waals surface area contributed by atoms with E-state index in [9.17, 15) is 19.5 Å². The minimum absolute atomic E-state index is 0.0479. The van der Waals surface area contributed by atoms with E-state index in [-0.39, 0.29) is 24.3 Å². The lowest BCUT2D eigenvalue weighted by Gasteiger charge is -2.38. The summed E-state index contributed by atoms with van der Waals surface area (Å²) in [5.41, 5.74) is 6.81. The third-order valence-corrected chi connectivity index (χ3v) is 6.85. The molecule has 3 heterocycles. The molecule has 1 saturated heterocycles. The number of aliphatic carboxylic acids is 1. The maximum atomic E-state index is 13.2. The summed E-state index contributed by atoms with van der Waals surface area (Å²) in [4.78, 5) is 45.7. The van der Waals surface area contributed by atoms with Crippen molar-refractivity contribution in [1.29, 1.82) is 5.41 Å². The molecule has 2 amide bonds. The summed E-state index contributed by atoms with van der Waals surface area (Å²) in [6, 6.07) is 8.55. The van der Waals surface area contributed by atoms with Crippen molar-refractivity contribution in [3.8, 4) is 6.01 Å². The molecule has 12 nitrogen and oxygen atoms in total. The van der Waals surface area contributed by atoms with Gasteiger partial charge in [-0.2, -0.15) is 4.98 Å². The summed E-state index contributed by atoms with van der Waals surface area (Å²) in [5.74, 6) is -2.30. The number of nitrogens with two attached hydrogens (primary N) is 1. The Balaban J connectivity index is 1.67. The summed E-state index contributed by atoms with van der Waals surface area (Å²) < 4.78 is 6.91. The van der Waals surface area contributed by atoms with E-state index in [1.165, 1.54) is 21.1 Å². The topological polar surface area (TPSA) is 168 Å². The van der Waals surface area contributed by atoms with Crippen LogP contribution >= 0.6 is 11.3 Å². The monoisotopic (exact) mass is 525 g/mol. The molecule has 2 aromatic heterocycles. The largest absolute Gasteiger partial charge is 0.480 e. The number of urea groups is 1. The van der Waals surface area contributed by atoms with E-state index in [0.717, 1.165) is 10.2 Å². The average molecular weight is 526 g/mol. The first kappa shape index (κ1) is 25.8. The lowest BCUT2D eigenvalue weighted by atomic mass is 9.88. The summed E-state index contributed by atoms with van der Waals surface area (Å²) in [7, 11) is 3.12. The third kappa shape index (κ3) is 5.45. The molecule has 1 aliphatic heterocycles. The van der Waals surface area contributed by atoms with Crippen molar-refractivity contribution in [2.24, 2.45) is 5.73 Å². The number of hydrogen-bond acceptors (Lipinski definition) is 8. The SMILES string of the molecule is CN(C)C(=O)N1CCCC(c2nc(OCc3ccc(C(=N)N)cc3)n(C(=O)c3cccs3)n2)C1C(=O)O. The number of amidine groups is 1. The molecule has 0 saturated carbocycles. The van der Waals surface area contributed by atoms with Crippen LogP contribution in [-0.4, -0.2) is 80.1 Å². The third-order valence-electron chi connectivity index (χ3n) is 6.00. The number of carbonyl (C=O) groups excluding carboxylic acids is 2. The molecule has 2 atom stereocenters. The summed E-state index contributed by atoms with van der Waals surface area (Å²) >= 11 is 1.23. The van der Waals surface area contributed by atoms with Gasteiger partial charge in [-0.05, 0) is 29.9 Å². The predicted octanol–water partition coefficient (Wildman–Crippen LogP) is 2.21. The molecule has 1 aromatic carbocycles. The van der Waals surface area contributed by atoms with Gasteiger partial charge in [0.2, 0.25) is 0 Å². The van der Waals surface area contributed by atoms with Crippen molar-refractivity contribution >= 4 is 35.1 Å². The molecule has 2 unspecified atom stereocenters. The van der Waals surface area contributed by atoms with E-state index in [4.69, 9.17) is 15.9 Å². The molecular weight excluding hydrogens is 498 g/mol. The van der Waals surface area contributed by atoms with Crippen molar-refractivity contribution in [3.05, 3.63) is 63.6 Å². The molecule has 194 valence electrons. The number of carboxylic acid groups (broad SMARTS) is 1. The maximum Gasteiger partial charge on any atom is 0.327 e. The fourth-order valence-electron chi connectivity index (χ4n) is 4.17. The number of aromatic nitrogens is 3. The Morgan fingerprint density at radius 2 is 1.97 bits per heavy atom. The van der Waals surface area contributed by atoms with Gasteiger partial charge in [0.25, 0.3) is 5.91 Å². The molecule has 3 aromatic rings. The van der Waals surface area contributed by atoms with E-state index in [1.54, 1.807) is 55.9 Å². The maximum absolute atomic E-state index is 13.2. The highest BCUT2D eigenvalue weighted by molar-refractivity contribution is 7.12.